The van der Waals surface area contributed by atoms with Crippen LogP contribution in [0.25, 0.3) is 22.4 Å². The van der Waals surface area contributed by atoms with Gasteiger partial charge in [-0.25, -0.2) is 4.98 Å². The second-order valence-electron chi connectivity index (χ2n) is 5.48. The van der Waals surface area contributed by atoms with Crippen molar-refractivity contribution in [3.63, 3.8) is 0 Å². The minimum Gasteiger partial charge on any atom is -0.484 e. The lowest BCUT2D eigenvalue weighted by Gasteiger charge is -2.05. The molecule has 0 radical (unpaired) electrons. The number of furan rings is 1. The van der Waals surface area contributed by atoms with E-state index in [2.05, 4.69) is 10.3 Å². The second-order valence-corrected chi connectivity index (χ2v) is 6.77. The summed E-state index contributed by atoms with van der Waals surface area (Å²) >= 11 is 7.14. The number of carbonyl (C=O) groups is 1. The van der Waals surface area contributed by atoms with Crippen LogP contribution in [0.4, 0.5) is 5.13 Å². The quantitative estimate of drug-likeness (QED) is 0.512. The molecule has 0 bridgehead atoms. The molecule has 0 atom stereocenters. The summed E-state index contributed by atoms with van der Waals surface area (Å²) in [5.74, 6) is 0.956. The molecule has 26 heavy (non-hydrogen) atoms. The van der Waals surface area contributed by atoms with Crippen LogP contribution in [0, 0.1) is 0 Å². The summed E-state index contributed by atoms with van der Waals surface area (Å²) in [5.41, 5.74) is 1.48. The molecule has 2 aromatic heterocycles. The molecular weight excluding hydrogens is 372 g/mol. The molecule has 0 fully saturated rings. The van der Waals surface area contributed by atoms with Gasteiger partial charge in [0.25, 0.3) is 5.91 Å². The van der Waals surface area contributed by atoms with Gasteiger partial charge in [-0.3, -0.25) is 10.1 Å². The summed E-state index contributed by atoms with van der Waals surface area (Å²) in [6.07, 6.45) is 0. The first kappa shape index (κ1) is 16.6. The summed E-state index contributed by atoms with van der Waals surface area (Å²) in [6, 6.07) is 16.5. The van der Waals surface area contributed by atoms with Gasteiger partial charge in [-0.15, -0.1) is 11.3 Å². The van der Waals surface area contributed by atoms with Gasteiger partial charge in [0.2, 0.25) is 0 Å². The largest absolute Gasteiger partial charge is 0.484 e. The van der Waals surface area contributed by atoms with Crippen molar-refractivity contribution in [3.05, 3.63) is 65.0 Å². The summed E-state index contributed by atoms with van der Waals surface area (Å²) in [5, 5.41) is 6.68. The third-order valence-electron chi connectivity index (χ3n) is 3.61. The Kier molecular flexibility index (Phi) is 4.60. The number of anilines is 1. The molecule has 1 amide bonds. The SMILES string of the molecule is O=C(COc1ccc(Cl)cc1)Nc1nc(-c2cc3ccccc3o2)cs1. The Bertz CT molecular complexity index is 1020. The predicted octanol–water partition coefficient (Wildman–Crippen LogP) is 5.23. The molecular formula is C19H13ClN2O3S. The van der Waals surface area contributed by atoms with E-state index in [1.165, 1.54) is 11.3 Å². The summed E-state index contributed by atoms with van der Waals surface area (Å²) < 4.78 is 11.2. The summed E-state index contributed by atoms with van der Waals surface area (Å²) in [4.78, 5) is 16.4. The smallest absolute Gasteiger partial charge is 0.264 e. The van der Waals surface area contributed by atoms with Gasteiger partial charge < -0.3 is 9.15 Å². The minimum absolute atomic E-state index is 0.110. The van der Waals surface area contributed by atoms with Crippen LogP contribution in [0.15, 0.2) is 64.4 Å². The monoisotopic (exact) mass is 384 g/mol. The molecule has 130 valence electrons. The number of amides is 1. The number of aromatic nitrogens is 1. The molecule has 2 heterocycles. The Balaban J connectivity index is 1.39. The van der Waals surface area contributed by atoms with Crippen molar-refractivity contribution >= 4 is 44.9 Å². The number of ether oxygens (including phenoxy) is 1. The van der Waals surface area contributed by atoms with Gasteiger partial charge in [-0.1, -0.05) is 29.8 Å². The molecule has 2 aromatic carbocycles. The van der Waals surface area contributed by atoms with Crippen molar-refractivity contribution in [2.75, 3.05) is 11.9 Å². The van der Waals surface area contributed by atoms with Crippen LogP contribution in [0.1, 0.15) is 0 Å². The number of halogens is 1. The van der Waals surface area contributed by atoms with Crippen molar-refractivity contribution in [1.29, 1.82) is 0 Å². The van der Waals surface area contributed by atoms with Crippen molar-refractivity contribution < 1.29 is 13.9 Å². The fourth-order valence-corrected chi connectivity index (χ4v) is 3.23. The number of para-hydroxylation sites is 1. The first-order valence-electron chi connectivity index (χ1n) is 7.80. The number of benzene rings is 2. The van der Waals surface area contributed by atoms with Gasteiger partial charge in [-0.2, -0.15) is 0 Å². The van der Waals surface area contributed by atoms with E-state index < -0.39 is 0 Å². The lowest BCUT2D eigenvalue weighted by molar-refractivity contribution is -0.118. The van der Waals surface area contributed by atoms with E-state index in [1.807, 2.05) is 35.7 Å². The molecule has 1 N–H and O–H groups in total. The first-order chi connectivity index (χ1) is 12.7. The van der Waals surface area contributed by atoms with E-state index in [9.17, 15) is 4.79 Å². The maximum Gasteiger partial charge on any atom is 0.264 e. The number of carbonyl (C=O) groups excluding carboxylic acids is 1. The van der Waals surface area contributed by atoms with Crippen LogP contribution in [0.2, 0.25) is 5.02 Å². The van der Waals surface area contributed by atoms with Crippen molar-refractivity contribution in [3.8, 4) is 17.2 Å². The lowest BCUT2D eigenvalue weighted by Crippen LogP contribution is -2.20. The highest BCUT2D eigenvalue weighted by Gasteiger charge is 2.12. The maximum absolute atomic E-state index is 12.0. The number of nitrogens with one attached hydrogen (secondary N) is 1. The van der Waals surface area contributed by atoms with E-state index in [4.69, 9.17) is 20.8 Å². The lowest BCUT2D eigenvalue weighted by atomic mass is 10.2. The highest BCUT2D eigenvalue weighted by Crippen LogP contribution is 2.30. The predicted molar refractivity (Wildman–Crippen MR) is 103 cm³/mol. The van der Waals surface area contributed by atoms with Gasteiger partial charge in [-0.05, 0) is 36.4 Å². The maximum atomic E-state index is 12.0. The van der Waals surface area contributed by atoms with Gasteiger partial charge in [0.1, 0.15) is 17.0 Å². The second kappa shape index (κ2) is 7.19. The highest BCUT2D eigenvalue weighted by molar-refractivity contribution is 7.14. The molecule has 0 saturated heterocycles. The van der Waals surface area contributed by atoms with Gasteiger partial charge >= 0.3 is 0 Å². The van der Waals surface area contributed by atoms with Crippen LogP contribution in [0.3, 0.4) is 0 Å². The Morgan fingerprint density at radius 1 is 1.19 bits per heavy atom. The number of thiazole rings is 1. The molecule has 7 heteroatoms. The van der Waals surface area contributed by atoms with Crippen molar-refractivity contribution in [2.45, 2.75) is 0 Å². The Hall–Kier alpha value is -2.83. The van der Waals surface area contributed by atoms with Crippen LogP contribution in [0.5, 0.6) is 5.75 Å². The molecule has 5 nitrogen and oxygen atoms in total. The number of rotatable bonds is 5. The van der Waals surface area contributed by atoms with Crippen LogP contribution >= 0.6 is 22.9 Å². The van der Waals surface area contributed by atoms with Crippen LogP contribution in [-0.2, 0) is 4.79 Å². The molecule has 0 unspecified atom stereocenters. The number of hydrogen-bond donors (Lipinski definition) is 1. The molecule has 4 aromatic rings. The van der Waals surface area contributed by atoms with E-state index in [1.54, 1.807) is 24.3 Å². The Morgan fingerprint density at radius 3 is 2.81 bits per heavy atom. The fourth-order valence-electron chi connectivity index (χ4n) is 2.39. The zero-order valence-electron chi connectivity index (χ0n) is 13.4. The van der Waals surface area contributed by atoms with Crippen molar-refractivity contribution in [2.24, 2.45) is 0 Å². The molecule has 0 aliphatic heterocycles. The Labute approximate surface area is 158 Å². The number of nitrogens with zero attached hydrogens (tertiary/aromatic N) is 1. The molecule has 0 aliphatic carbocycles. The number of fused-ring (bicyclic) bond motifs is 1. The van der Waals surface area contributed by atoms with Crippen LogP contribution in [-0.4, -0.2) is 17.5 Å². The normalized spacial score (nSPS) is 10.8. The third-order valence-corrected chi connectivity index (χ3v) is 4.62. The van der Waals surface area contributed by atoms with E-state index in [0.29, 0.717) is 27.4 Å². The average molecular weight is 385 g/mol. The van der Waals surface area contributed by atoms with E-state index >= 15 is 0 Å². The molecule has 4 rings (SSSR count). The third kappa shape index (κ3) is 3.71. The molecule has 0 saturated carbocycles. The fraction of sp³-hybridized carbons (Fsp3) is 0.0526. The van der Waals surface area contributed by atoms with Gasteiger partial charge in [0.05, 0.1) is 0 Å². The topological polar surface area (TPSA) is 64.4 Å². The Morgan fingerprint density at radius 2 is 2.00 bits per heavy atom. The first-order valence-corrected chi connectivity index (χ1v) is 9.06. The minimum atomic E-state index is -0.287. The zero-order valence-corrected chi connectivity index (χ0v) is 15.0. The molecule has 0 spiro atoms. The number of hydrogen-bond acceptors (Lipinski definition) is 5. The van der Waals surface area contributed by atoms with E-state index in [-0.39, 0.29) is 12.5 Å². The highest BCUT2D eigenvalue weighted by atomic mass is 35.5. The van der Waals surface area contributed by atoms with Crippen LogP contribution < -0.4 is 10.1 Å². The zero-order chi connectivity index (χ0) is 17.9. The average Bonchev–Trinajstić information content (AvgIpc) is 3.27. The van der Waals surface area contributed by atoms with E-state index in [0.717, 1.165) is 11.0 Å². The summed E-state index contributed by atoms with van der Waals surface area (Å²) in [6.45, 7) is -0.110. The van der Waals surface area contributed by atoms with Gasteiger partial charge in [0.15, 0.2) is 17.5 Å². The standard InChI is InChI=1S/C19H13ClN2O3S/c20-13-5-7-14(8-6-13)24-10-18(23)22-19-21-15(11-26-19)17-9-12-3-1-2-4-16(12)25-17/h1-9,11H,10H2,(H,21,22,23). The summed E-state index contributed by atoms with van der Waals surface area (Å²) in [7, 11) is 0. The van der Waals surface area contributed by atoms with Crippen molar-refractivity contribution in [1.82, 2.24) is 4.98 Å². The molecule has 0 aliphatic rings. The van der Waals surface area contributed by atoms with Gasteiger partial charge in [0, 0.05) is 15.8 Å².